The lowest BCUT2D eigenvalue weighted by molar-refractivity contribution is 0.506. The number of unbranched alkanes of at least 4 members (excludes halogenated alkanes) is 4. The van der Waals surface area contributed by atoms with Crippen LogP contribution in [-0.2, 0) is 0 Å². The van der Waals surface area contributed by atoms with Crippen molar-refractivity contribution in [3.05, 3.63) is 34.9 Å². The third kappa shape index (κ3) is 5.91. The number of hydrogen-bond acceptors (Lipinski definition) is 0. The van der Waals surface area contributed by atoms with E-state index in [-0.39, 0.29) is 0 Å². The van der Waals surface area contributed by atoms with Gasteiger partial charge in [-0.2, -0.15) is 0 Å². The summed E-state index contributed by atoms with van der Waals surface area (Å²) in [6.45, 7) is 4.54. The fraction of sp³-hybridized carbons (Fsp3) is 0.647. The first kappa shape index (κ1) is 15.6. The monoisotopic (exact) mass is 266 g/mol. The van der Waals surface area contributed by atoms with Crippen molar-refractivity contribution >= 4 is 11.6 Å². The minimum Gasteiger partial charge on any atom is -0.0843 e. The number of halogens is 1. The van der Waals surface area contributed by atoms with Gasteiger partial charge in [0.2, 0.25) is 0 Å². The summed E-state index contributed by atoms with van der Waals surface area (Å²) in [5.41, 5.74) is 1.48. The first-order valence-corrected chi connectivity index (χ1v) is 7.91. The van der Waals surface area contributed by atoms with Gasteiger partial charge in [-0.25, -0.2) is 0 Å². The smallest absolute Gasteiger partial charge is 0.0406 e. The number of benzene rings is 1. The fourth-order valence-electron chi connectivity index (χ4n) is 2.49. The predicted octanol–water partition coefficient (Wildman–Crippen LogP) is 6.58. The highest BCUT2D eigenvalue weighted by Crippen LogP contribution is 2.29. The molecule has 0 fully saturated rings. The molecule has 18 heavy (non-hydrogen) atoms. The van der Waals surface area contributed by atoms with E-state index in [1.807, 2.05) is 12.1 Å². The zero-order chi connectivity index (χ0) is 13.2. The molecule has 0 radical (unpaired) electrons. The lowest BCUT2D eigenvalue weighted by atomic mass is 9.88. The highest BCUT2D eigenvalue weighted by Gasteiger charge is 2.10. The van der Waals surface area contributed by atoms with Gasteiger partial charge in [0.05, 0.1) is 0 Å². The molecular formula is C17H27Cl. The van der Waals surface area contributed by atoms with E-state index >= 15 is 0 Å². The summed E-state index contributed by atoms with van der Waals surface area (Å²) >= 11 is 5.97. The van der Waals surface area contributed by atoms with Crippen molar-refractivity contribution in [2.75, 3.05) is 0 Å². The van der Waals surface area contributed by atoms with Gasteiger partial charge in [0.25, 0.3) is 0 Å². The molecule has 1 aromatic rings. The third-order valence-electron chi connectivity index (χ3n) is 3.65. The Bertz CT molecular complexity index is 292. The first-order chi connectivity index (χ1) is 8.77. The Morgan fingerprint density at radius 1 is 0.833 bits per heavy atom. The maximum Gasteiger partial charge on any atom is 0.0406 e. The van der Waals surface area contributed by atoms with Gasteiger partial charge in [0.15, 0.2) is 0 Å². The van der Waals surface area contributed by atoms with E-state index in [1.54, 1.807) is 0 Å². The van der Waals surface area contributed by atoms with E-state index in [4.69, 9.17) is 11.6 Å². The summed E-state index contributed by atoms with van der Waals surface area (Å²) in [4.78, 5) is 0. The molecule has 1 rings (SSSR count). The van der Waals surface area contributed by atoms with Crippen LogP contribution in [0.25, 0.3) is 0 Å². The van der Waals surface area contributed by atoms with Crippen LogP contribution in [0.3, 0.4) is 0 Å². The minimum absolute atomic E-state index is 0.736. The molecule has 102 valence electrons. The highest BCUT2D eigenvalue weighted by atomic mass is 35.5. The SMILES string of the molecule is CCCCCC(CCCCC)c1ccc(Cl)cc1. The second-order valence-electron chi connectivity index (χ2n) is 5.24. The topological polar surface area (TPSA) is 0 Å². The molecule has 0 atom stereocenters. The zero-order valence-corrected chi connectivity index (χ0v) is 12.7. The van der Waals surface area contributed by atoms with Crippen LogP contribution in [0.4, 0.5) is 0 Å². The summed E-state index contributed by atoms with van der Waals surface area (Å²) in [6, 6.07) is 8.49. The van der Waals surface area contributed by atoms with Gasteiger partial charge in [0.1, 0.15) is 0 Å². The average molecular weight is 267 g/mol. The van der Waals surface area contributed by atoms with Crippen LogP contribution in [0, 0.1) is 0 Å². The molecule has 0 aromatic heterocycles. The van der Waals surface area contributed by atoms with Crippen LogP contribution in [0.5, 0.6) is 0 Å². The number of rotatable bonds is 9. The lowest BCUT2D eigenvalue weighted by Crippen LogP contribution is -1.99. The Balaban J connectivity index is 2.54. The standard InChI is InChI=1S/C17H27Cl/c1-3-5-7-9-15(10-8-6-4-2)16-11-13-17(18)14-12-16/h11-15H,3-10H2,1-2H3. The minimum atomic E-state index is 0.736. The second-order valence-corrected chi connectivity index (χ2v) is 5.68. The highest BCUT2D eigenvalue weighted by molar-refractivity contribution is 6.30. The largest absolute Gasteiger partial charge is 0.0843 e. The summed E-state index contributed by atoms with van der Waals surface area (Å²) in [7, 11) is 0. The molecule has 0 amide bonds. The van der Waals surface area contributed by atoms with Crippen LogP contribution >= 0.6 is 11.6 Å². The van der Waals surface area contributed by atoms with Crippen LogP contribution in [0.1, 0.15) is 76.7 Å². The fourth-order valence-corrected chi connectivity index (χ4v) is 2.62. The molecule has 0 unspecified atom stereocenters. The maximum absolute atomic E-state index is 5.97. The van der Waals surface area contributed by atoms with E-state index in [1.165, 1.54) is 56.9 Å². The molecule has 0 nitrogen and oxygen atoms in total. The summed E-state index contributed by atoms with van der Waals surface area (Å²) in [5, 5.41) is 0.847. The van der Waals surface area contributed by atoms with Crippen molar-refractivity contribution in [2.45, 2.75) is 71.1 Å². The van der Waals surface area contributed by atoms with Crippen LogP contribution in [0.2, 0.25) is 5.02 Å². The maximum atomic E-state index is 5.97. The molecule has 1 aromatic carbocycles. The molecule has 0 aliphatic carbocycles. The predicted molar refractivity (Wildman–Crippen MR) is 82.5 cm³/mol. The second kappa shape index (κ2) is 9.44. The molecule has 1 heteroatoms. The number of hydrogen-bond donors (Lipinski definition) is 0. The van der Waals surface area contributed by atoms with Gasteiger partial charge in [-0.1, -0.05) is 76.1 Å². The summed E-state index contributed by atoms with van der Waals surface area (Å²) in [5.74, 6) is 0.736. The molecular weight excluding hydrogens is 240 g/mol. The van der Waals surface area contributed by atoms with Crippen molar-refractivity contribution in [3.8, 4) is 0 Å². The quantitative estimate of drug-likeness (QED) is 0.443. The van der Waals surface area contributed by atoms with Gasteiger partial charge >= 0.3 is 0 Å². The Morgan fingerprint density at radius 2 is 1.33 bits per heavy atom. The molecule has 0 N–H and O–H groups in total. The van der Waals surface area contributed by atoms with E-state index in [2.05, 4.69) is 26.0 Å². The van der Waals surface area contributed by atoms with Crippen molar-refractivity contribution in [3.63, 3.8) is 0 Å². The average Bonchev–Trinajstić information content (AvgIpc) is 2.38. The van der Waals surface area contributed by atoms with Gasteiger partial charge < -0.3 is 0 Å². The normalized spacial score (nSPS) is 11.1. The van der Waals surface area contributed by atoms with Crippen LogP contribution in [-0.4, -0.2) is 0 Å². The first-order valence-electron chi connectivity index (χ1n) is 7.53. The van der Waals surface area contributed by atoms with Crippen molar-refractivity contribution in [1.82, 2.24) is 0 Å². The van der Waals surface area contributed by atoms with Crippen molar-refractivity contribution in [2.24, 2.45) is 0 Å². The molecule has 0 aliphatic rings. The molecule has 0 spiro atoms. The summed E-state index contributed by atoms with van der Waals surface area (Å²) in [6.07, 6.45) is 10.7. The van der Waals surface area contributed by atoms with E-state index in [0.29, 0.717) is 0 Å². The molecule has 0 saturated carbocycles. The zero-order valence-electron chi connectivity index (χ0n) is 11.9. The molecule has 0 heterocycles. The van der Waals surface area contributed by atoms with Crippen molar-refractivity contribution in [1.29, 1.82) is 0 Å². The van der Waals surface area contributed by atoms with Gasteiger partial charge in [-0.05, 0) is 36.5 Å². The Hall–Kier alpha value is -0.490. The third-order valence-corrected chi connectivity index (χ3v) is 3.91. The lowest BCUT2D eigenvalue weighted by Gasteiger charge is -2.17. The van der Waals surface area contributed by atoms with Crippen LogP contribution < -0.4 is 0 Å². The van der Waals surface area contributed by atoms with Gasteiger partial charge in [-0.3, -0.25) is 0 Å². The van der Waals surface area contributed by atoms with Crippen LogP contribution in [0.15, 0.2) is 24.3 Å². The molecule has 0 saturated heterocycles. The van der Waals surface area contributed by atoms with Gasteiger partial charge in [0, 0.05) is 5.02 Å². The Morgan fingerprint density at radius 3 is 1.78 bits per heavy atom. The van der Waals surface area contributed by atoms with Gasteiger partial charge in [-0.15, -0.1) is 0 Å². The van der Waals surface area contributed by atoms with E-state index < -0.39 is 0 Å². The Labute approximate surface area is 118 Å². The Kier molecular flexibility index (Phi) is 8.17. The molecule has 0 bridgehead atoms. The summed E-state index contributed by atoms with van der Waals surface area (Å²) < 4.78 is 0. The molecule has 0 aliphatic heterocycles. The van der Waals surface area contributed by atoms with E-state index in [0.717, 1.165) is 10.9 Å². The van der Waals surface area contributed by atoms with E-state index in [9.17, 15) is 0 Å². The van der Waals surface area contributed by atoms with Crippen molar-refractivity contribution < 1.29 is 0 Å².